The van der Waals surface area contributed by atoms with Crippen molar-refractivity contribution in [2.75, 3.05) is 0 Å². The molecule has 1 saturated heterocycles. The molecule has 7 heteroatoms. The normalized spacial score (nSPS) is 16.6. The zero-order chi connectivity index (χ0) is 14.9. The maximum Gasteiger partial charge on any atom is 0.283 e. The Morgan fingerprint density at radius 3 is 2.50 bits per heavy atom. The number of carbonyl (C=O) groups excluding carboxylic acids is 2. The number of benzene rings is 1. The maximum absolute atomic E-state index is 11.9. The number of amides is 2. The summed E-state index contributed by atoms with van der Waals surface area (Å²) >= 11 is 3.10. The average Bonchev–Trinajstić information content (AvgIpc) is 2.35. The fourth-order valence-corrected chi connectivity index (χ4v) is 2.57. The molecule has 1 aromatic carbocycles. The van der Waals surface area contributed by atoms with Crippen molar-refractivity contribution in [2.24, 2.45) is 5.92 Å². The van der Waals surface area contributed by atoms with Crippen molar-refractivity contribution in [1.29, 1.82) is 0 Å². The highest BCUT2D eigenvalue weighted by molar-refractivity contribution is 9.10. The molecule has 106 valence electrons. The lowest BCUT2D eigenvalue weighted by atomic mass is 9.97. The molecule has 1 fully saturated rings. The summed E-state index contributed by atoms with van der Waals surface area (Å²) in [4.78, 5) is 35.3. The lowest BCUT2D eigenvalue weighted by molar-refractivity contribution is -0.385. The summed E-state index contributed by atoms with van der Waals surface area (Å²) < 4.78 is 0.371. The number of piperidine rings is 1. The number of hydrogen-bond acceptors (Lipinski definition) is 4. The first-order chi connectivity index (χ1) is 9.38. The van der Waals surface area contributed by atoms with Crippen LogP contribution in [0.4, 0.5) is 5.69 Å². The summed E-state index contributed by atoms with van der Waals surface area (Å²) in [5.74, 6) is -0.385. The van der Waals surface area contributed by atoms with Crippen LogP contribution in [0.5, 0.6) is 0 Å². The monoisotopic (exact) mass is 340 g/mol. The average molecular weight is 341 g/mol. The summed E-state index contributed by atoms with van der Waals surface area (Å²) in [5, 5.41) is 10.9. The Balaban J connectivity index is 2.22. The molecule has 0 aromatic heterocycles. The Hall–Kier alpha value is -1.76. The molecule has 1 aliphatic heterocycles. The van der Waals surface area contributed by atoms with Gasteiger partial charge in [0.15, 0.2) is 0 Å². The second-order valence-corrected chi connectivity index (χ2v) is 5.78. The molecular formula is C13H13BrN2O4. The van der Waals surface area contributed by atoms with E-state index < -0.39 is 4.92 Å². The second kappa shape index (κ2) is 5.70. The first-order valence-electron chi connectivity index (χ1n) is 6.14. The third-order valence-corrected chi connectivity index (χ3v) is 3.87. The quantitative estimate of drug-likeness (QED) is 0.481. The van der Waals surface area contributed by atoms with Crippen molar-refractivity contribution in [3.8, 4) is 0 Å². The Morgan fingerprint density at radius 1 is 1.35 bits per heavy atom. The molecule has 1 aliphatic rings. The molecule has 0 N–H and O–H groups in total. The zero-order valence-electron chi connectivity index (χ0n) is 10.8. The van der Waals surface area contributed by atoms with Crippen LogP contribution >= 0.6 is 15.9 Å². The van der Waals surface area contributed by atoms with Crippen LogP contribution in [0.2, 0.25) is 0 Å². The van der Waals surface area contributed by atoms with Crippen molar-refractivity contribution in [3.63, 3.8) is 0 Å². The molecule has 6 nitrogen and oxygen atoms in total. The zero-order valence-corrected chi connectivity index (χ0v) is 12.4. The van der Waals surface area contributed by atoms with E-state index in [0.29, 0.717) is 22.9 Å². The molecule has 0 saturated carbocycles. The van der Waals surface area contributed by atoms with Crippen LogP contribution < -0.4 is 0 Å². The predicted octanol–water partition coefficient (Wildman–Crippen LogP) is 2.64. The van der Waals surface area contributed by atoms with E-state index in [2.05, 4.69) is 15.9 Å². The fourth-order valence-electron chi connectivity index (χ4n) is 2.18. The minimum atomic E-state index is -0.504. The van der Waals surface area contributed by atoms with Crippen molar-refractivity contribution in [1.82, 2.24) is 4.90 Å². The van der Waals surface area contributed by atoms with Gasteiger partial charge in [0.05, 0.1) is 15.9 Å². The predicted molar refractivity (Wildman–Crippen MR) is 74.8 cm³/mol. The largest absolute Gasteiger partial charge is 0.283 e. The number of rotatable bonds is 3. The molecular weight excluding hydrogens is 328 g/mol. The minimum Gasteiger partial charge on any atom is -0.278 e. The van der Waals surface area contributed by atoms with E-state index in [-0.39, 0.29) is 30.0 Å². The van der Waals surface area contributed by atoms with Gasteiger partial charge in [0.1, 0.15) is 0 Å². The van der Waals surface area contributed by atoms with Crippen LogP contribution in [0.3, 0.4) is 0 Å². The number of nitrogens with zero attached hydrogens (tertiary/aromatic N) is 2. The van der Waals surface area contributed by atoms with Crippen LogP contribution in [-0.4, -0.2) is 21.6 Å². The van der Waals surface area contributed by atoms with E-state index in [4.69, 9.17) is 0 Å². The third-order valence-electron chi connectivity index (χ3n) is 3.20. The van der Waals surface area contributed by atoms with Crippen molar-refractivity contribution < 1.29 is 14.5 Å². The van der Waals surface area contributed by atoms with Gasteiger partial charge in [0.2, 0.25) is 11.8 Å². The smallest absolute Gasteiger partial charge is 0.278 e. The number of nitro groups is 1. The Labute approximate surface area is 124 Å². The van der Waals surface area contributed by atoms with Gasteiger partial charge < -0.3 is 0 Å². The van der Waals surface area contributed by atoms with E-state index >= 15 is 0 Å². The number of likely N-dealkylation sites (tertiary alicyclic amines) is 1. The van der Waals surface area contributed by atoms with E-state index in [9.17, 15) is 19.7 Å². The second-order valence-electron chi connectivity index (χ2n) is 4.93. The summed E-state index contributed by atoms with van der Waals surface area (Å²) in [7, 11) is 0. The van der Waals surface area contributed by atoms with Gasteiger partial charge in [-0.2, -0.15) is 0 Å². The first-order valence-corrected chi connectivity index (χ1v) is 6.93. The van der Waals surface area contributed by atoms with Gasteiger partial charge in [-0.25, -0.2) is 0 Å². The van der Waals surface area contributed by atoms with Crippen LogP contribution in [0.15, 0.2) is 22.7 Å². The highest BCUT2D eigenvalue weighted by Gasteiger charge is 2.30. The summed E-state index contributed by atoms with van der Waals surface area (Å²) in [6, 6.07) is 4.59. The van der Waals surface area contributed by atoms with E-state index in [1.807, 2.05) is 6.92 Å². The van der Waals surface area contributed by atoms with Gasteiger partial charge in [0.25, 0.3) is 5.69 Å². The lowest BCUT2D eigenvalue weighted by Gasteiger charge is -2.28. The molecule has 0 radical (unpaired) electrons. The first kappa shape index (κ1) is 14.6. The van der Waals surface area contributed by atoms with Crippen molar-refractivity contribution >= 4 is 33.4 Å². The Kier molecular flexibility index (Phi) is 4.17. The standard InChI is InChI=1S/C13H13BrN2O4/c1-8-4-12(17)15(13(18)5-8)7-9-2-3-10(14)11(6-9)16(19)20/h2-3,6,8H,4-5,7H2,1H3. The molecule has 1 aromatic rings. The van der Waals surface area contributed by atoms with Crippen molar-refractivity contribution in [3.05, 3.63) is 38.3 Å². The van der Waals surface area contributed by atoms with Crippen molar-refractivity contribution in [2.45, 2.75) is 26.3 Å². The highest BCUT2D eigenvalue weighted by atomic mass is 79.9. The minimum absolute atomic E-state index is 0.0607. The van der Waals surface area contributed by atoms with Crippen LogP contribution in [0.25, 0.3) is 0 Å². The van der Waals surface area contributed by atoms with Gasteiger partial charge in [-0.05, 0) is 33.5 Å². The number of carbonyl (C=O) groups is 2. The number of halogens is 1. The van der Waals surface area contributed by atoms with Crippen LogP contribution in [-0.2, 0) is 16.1 Å². The molecule has 0 unspecified atom stereocenters. The Morgan fingerprint density at radius 2 is 1.95 bits per heavy atom. The molecule has 0 bridgehead atoms. The fraction of sp³-hybridized carbons (Fsp3) is 0.385. The number of imide groups is 1. The summed E-state index contributed by atoms with van der Waals surface area (Å²) in [6.07, 6.45) is 0.675. The maximum atomic E-state index is 11.9. The summed E-state index contributed by atoms with van der Waals surface area (Å²) in [5.41, 5.74) is 0.490. The van der Waals surface area contributed by atoms with Crippen LogP contribution in [0.1, 0.15) is 25.3 Å². The Bertz CT molecular complexity index is 570. The molecule has 1 heterocycles. The highest BCUT2D eigenvalue weighted by Crippen LogP contribution is 2.27. The number of hydrogen-bond donors (Lipinski definition) is 0. The van der Waals surface area contributed by atoms with E-state index in [1.165, 1.54) is 11.0 Å². The van der Waals surface area contributed by atoms with Gasteiger partial charge in [0, 0.05) is 18.9 Å². The van der Waals surface area contributed by atoms with E-state index in [1.54, 1.807) is 12.1 Å². The van der Waals surface area contributed by atoms with Gasteiger partial charge in [-0.15, -0.1) is 0 Å². The molecule has 0 spiro atoms. The molecule has 20 heavy (non-hydrogen) atoms. The van der Waals surface area contributed by atoms with Crippen LogP contribution in [0, 0.1) is 16.0 Å². The molecule has 2 amide bonds. The molecule has 2 rings (SSSR count). The van der Waals surface area contributed by atoms with Gasteiger partial charge in [-0.3, -0.25) is 24.6 Å². The summed E-state index contributed by atoms with van der Waals surface area (Å²) in [6.45, 7) is 1.94. The topological polar surface area (TPSA) is 80.5 Å². The van der Waals surface area contributed by atoms with Gasteiger partial charge >= 0.3 is 0 Å². The van der Waals surface area contributed by atoms with E-state index in [0.717, 1.165) is 0 Å². The lowest BCUT2D eigenvalue weighted by Crippen LogP contribution is -2.42. The van der Waals surface area contributed by atoms with Gasteiger partial charge in [-0.1, -0.05) is 13.0 Å². The SMILES string of the molecule is CC1CC(=O)N(Cc2ccc(Br)c([N+](=O)[O-])c2)C(=O)C1. The molecule has 0 atom stereocenters. The third kappa shape index (κ3) is 3.04. The number of nitro benzene ring substituents is 1. The molecule has 0 aliphatic carbocycles.